The number of allylic oxidation sites excluding steroid dienone is 1. The van der Waals surface area contributed by atoms with E-state index in [1.54, 1.807) is 6.08 Å². The van der Waals surface area contributed by atoms with Crippen molar-refractivity contribution in [2.75, 3.05) is 0 Å². The van der Waals surface area contributed by atoms with E-state index in [-0.39, 0.29) is 5.78 Å². The molecule has 1 heteroatoms. The summed E-state index contributed by atoms with van der Waals surface area (Å²) in [7, 11) is 0. The van der Waals surface area contributed by atoms with Crippen molar-refractivity contribution in [3.8, 4) is 0 Å². The van der Waals surface area contributed by atoms with Crippen LogP contribution in [0.2, 0.25) is 0 Å². The van der Waals surface area contributed by atoms with Gasteiger partial charge in [0.1, 0.15) is 0 Å². The lowest BCUT2D eigenvalue weighted by Crippen LogP contribution is -2.05. The van der Waals surface area contributed by atoms with Crippen LogP contribution in [0.15, 0.2) is 24.3 Å². The van der Waals surface area contributed by atoms with Gasteiger partial charge in [-0.05, 0) is 18.1 Å². The Balaban J connectivity index is 2.69. The Morgan fingerprint density at radius 3 is 2.92 bits per heavy atom. The van der Waals surface area contributed by atoms with Crippen LogP contribution >= 0.6 is 0 Å². The Labute approximate surface area is 71.7 Å². The molecule has 0 unspecified atom stereocenters. The number of carbonyl (C=O) groups excluding carboxylic acids is 1. The predicted molar refractivity (Wildman–Crippen MR) is 47.8 cm³/mol. The third-order valence-electron chi connectivity index (χ3n) is 2.03. The molecular weight excluding hydrogens is 148 g/mol. The molecule has 0 bridgehead atoms. The van der Waals surface area contributed by atoms with Crippen LogP contribution in [-0.4, -0.2) is 5.78 Å². The van der Waals surface area contributed by atoms with Gasteiger partial charge in [0.05, 0.1) is 6.42 Å². The van der Waals surface area contributed by atoms with Gasteiger partial charge in [-0.3, -0.25) is 4.79 Å². The number of hydrogen-bond donors (Lipinski definition) is 0. The summed E-state index contributed by atoms with van der Waals surface area (Å²) in [6.07, 6.45) is 6.25. The number of rotatable bonds is 0. The summed E-state index contributed by atoms with van der Waals surface area (Å²) in [5.41, 5.74) is 2.93. The van der Waals surface area contributed by atoms with Gasteiger partial charge < -0.3 is 0 Å². The average Bonchev–Trinajstić information content (AvgIpc) is 2.07. The number of hydrogen-bond acceptors (Lipinski definition) is 1. The molecule has 0 fully saturated rings. The van der Waals surface area contributed by atoms with E-state index in [2.05, 4.69) is 6.42 Å². The molecule has 1 aliphatic rings. The molecule has 1 aromatic rings. The van der Waals surface area contributed by atoms with Crippen molar-refractivity contribution in [2.45, 2.75) is 6.92 Å². The lowest BCUT2D eigenvalue weighted by atomic mass is 9.93. The molecule has 0 aromatic heterocycles. The quantitative estimate of drug-likeness (QED) is 0.563. The van der Waals surface area contributed by atoms with E-state index in [0.29, 0.717) is 0 Å². The maximum Gasteiger partial charge on any atom is 0.176 e. The average molecular weight is 156 g/mol. The number of carbonyl (C=O) groups is 1. The van der Waals surface area contributed by atoms with E-state index in [9.17, 15) is 4.79 Å². The molecule has 0 amide bonds. The van der Waals surface area contributed by atoms with Gasteiger partial charge in [-0.1, -0.05) is 30.4 Å². The summed E-state index contributed by atoms with van der Waals surface area (Å²) >= 11 is 0. The molecular formula is C11H8O. The van der Waals surface area contributed by atoms with Gasteiger partial charge in [0.15, 0.2) is 5.78 Å². The topological polar surface area (TPSA) is 17.1 Å². The number of benzene rings is 1. The minimum atomic E-state index is -0.0174. The molecule has 2 radical (unpaired) electrons. The van der Waals surface area contributed by atoms with Gasteiger partial charge >= 0.3 is 0 Å². The molecule has 2 rings (SSSR count). The van der Waals surface area contributed by atoms with Gasteiger partial charge in [0, 0.05) is 5.56 Å². The van der Waals surface area contributed by atoms with Gasteiger partial charge in [-0.15, -0.1) is 0 Å². The van der Waals surface area contributed by atoms with Crippen LogP contribution in [0.5, 0.6) is 0 Å². The van der Waals surface area contributed by atoms with E-state index < -0.39 is 0 Å². The highest BCUT2D eigenvalue weighted by atomic mass is 16.1. The number of ketones is 1. The van der Waals surface area contributed by atoms with Crippen molar-refractivity contribution in [3.63, 3.8) is 0 Å². The van der Waals surface area contributed by atoms with Gasteiger partial charge in [-0.25, -0.2) is 0 Å². The largest absolute Gasteiger partial charge is 0.293 e. The van der Waals surface area contributed by atoms with Crippen LogP contribution in [0.1, 0.15) is 21.5 Å². The summed E-state index contributed by atoms with van der Waals surface area (Å²) in [6, 6.07) is 5.73. The highest BCUT2D eigenvalue weighted by Gasteiger charge is 2.13. The van der Waals surface area contributed by atoms with Gasteiger partial charge in [0.2, 0.25) is 0 Å². The smallest absolute Gasteiger partial charge is 0.176 e. The lowest BCUT2D eigenvalue weighted by Gasteiger charge is -2.10. The summed E-state index contributed by atoms with van der Waals surface area (Å²) in [5, 5.41) is 0. The van der Waals surface area contributed by atoms with Crippen LogP contribution in [-0.2, 0) is 0 Å². The highest BCUT2D eigenvalue weighted by molar-refractivity contribution is 6.09. The fourth-order valence-electron chi connectivity index (χ4n) is 1.38. The van der Waals surface area contributed by atoms with Crippen LogP contribution in [0, 0.1) is 13.3 Å². The Hall–Kier alpha value is -1.37. The Morgan fingerprint density at radius 2 is 2.17 bits per heavy atom. The van der Waals surface area contributed by atoms with E-state index in [1.807, 2.05) is 31.2 Å². The fraction of sp³-hybridized carbons (Fsp3) is 0.0909. The molecule has 1 aromatic carbocycles. The monoisotopic (exact) mass is 156 g/mol. The molecule has 0 saturated carbocycles. The van der Waals surface area contributed by atoms with Crippen LogP contribution in [0.3, 0.4) is 0 Å². The Morgan fingerprint density at radius 1 is 1.33 bits per heavy atom. The van der Waals surface area contributed by atoms with Crippen molar-refractivity contribution in [1.82, 2.24) is 0 Å². The van der Waals surface area contributed by atoms with E-state index in [4.69, 9.17) is 0 Å². The molecule has 0 atom stereocenters. The van der Waals surface area contributed by atoms with Crippen molar-refractivity contribution >= 4 is 11.9 Å². The Bertz CT molecular complexity index is 361. The molecule has 0 heterocycles. The first-order valence-electron chi connectivity index (χ1n) is 3.86. The zero-order chi connectivity index (χ0) is 8.55. The first-order chi connectivity index (χ1) is 5.79. The maximum atomic E-state index is 11.3. The van der Waals surface area contributed by atoms with Gasteiger partial charge in [-0.2, -0.15) is 0 Å². The van der Waals surface area contributed by atoms with Crippen LogP contribution < -0.4 is 0 Å². The molecule has 1 aliphatic carbocycles. The van der Waals surface area contributed by atoms with Gasteiger partial charge in [0.25, 0.3) is 0 Å². The minimum absolute atomic E-state index is 0.0174. The highest BCUT2D eigenvalue weighted by Crippen LogP contribution is 2.21. The second kappa shape index (κ2) is 2.59. The van der Waals surface area contributed by atoms with E-state index in [1.165, 1.54) is 0 Å². The molecule has 0 aliphatic heterocycles. The first kappa shape index (κ1) is 7.29. The summed E-state index contributed by atoms with van der Waals surface area (Å²) in [5.74, 6) is -0.0174. The normalized spacial score (nSPS) is 14.6. The summed E-state index contributed by atoms with van der Waals surface area (Å²) < 4.78 is 0. The molecule has 1 nitrogen and oxygen atoms in total. The Kier molecular flexibility index (Phi) is 1.58. The molecule has 0 N–H and O–H groups in total. The molecule has 0 saturated heterocycles. The standard InChI is InChI=1S/C11H8O/c1-8-4-2-6-10-9(8)5-3-7-11(10)12/h2-6H,1H3. The second-order valence-corrected chi connectivity index (χ2v) is 2.84. The zero-order valence-corrected chi connectivity index (χ0v) is 6.79. The minimum Gasteiger partial charge on any atom is -0.293 e. The zero-order valence-electron chi connectivity index (χ0n) is 6.79. The molecule has 58 valence electrons. The van der Waals surface area contributed by atoms with Crippen LogP contribution in [0.25, 0.3) is 6.08 Å². The fourth-order valence-corrected chi connectivity index (χ4v) is 1.38. The second-order valence-electron chi connectivity index (χ2n) is 2.84. The molecule has 0 spiro atoms. The van der Waals surface area contributed by atoms with Crippen molar-refractivity contribution < 1.29 is 4.79 Å². The lowest BCUT2D eigenvalue weighted by molar-refractivity contribution is 0.103. The first-order valence-corrected chi connectivity index (χ1v) is 3.86. The van der Waals surface area contributed by atoms with Crippen LogP contribution in [0.4, 0.5) is 0 Å². The SMILES string of the molecule is Cc1cccc2c1C=C[C]C2=O. The molecule has 12 heavy (non-hydrogen) atoms. The predicted octanol–water partition coefficient (Wildman–Crippen LogP) is 2.29. The maximum absolute atomic E-state index is 11.3. The third kappa shape index (κ3) is 0.981. The summed E-state index contributed by atoms with van der Waals surface area (Å²) in [6.45, 7) is 2.00. The summed E-state index contributed by atoms with van der Waals surface area (Å²) in [4.78, 5) is 11.3. The number of fused-ring (bicyclic) bond motifs is 1. The van der Waals surface area contributed by atoms with Crippen molar-refractivity contribution in [1.29, 1.82) is 0 Å². The van der Waals surface area contributed by atoms with Crippen molar-refractivity contribution in [3.05, 3.63) is 47.4 Å². The number of aryl methyl sites for hydroxylation is 1. The van der Waals surface area contributed by atoms with E-state index >= 15 is 0 Å². The van der Waals surface area contributed by atoms with E-state index in [0.717, 1.165) is 16.7 Å². The van der Waals surface area contributed by atoms with Crippen molar-refractivity contribution in [2.24, 2.45) is 0 Å². The third-order valence-corrected chi connectivity index (χ3v) is 2.03. The number of Topliss-reactive ketones (excluding diaryl/α,β-unsaturated/α-hetero) is 1.